The lowest BCUT2D eigenvalue weighted by molar-refractivity contribution is 0.131. The van der Waals surface area contributed by atoms with Gasteiger partial charge in [-0.3, -0.25) is 0 Å². The molecule has 0 bridgehead atoms. The quantitative estimate of drug-likeness (QED) is 0.670. The molecule has 12 heavy (non-hydrogen) atoms. The van der Waals surface area contributed by atoms with Gasteiger partial charge in [0.05, 0.1) is 6.10 Å². The minimum absolute atomic E-state index is 0.0373. The molecule has 1 rings (SSSR count). The smallest absolute Gasteiger partial charge is 0.0580 e. The Morgan fingerprint density at radius 2 is 2.17 bits per heavy atom. The van der Waals surface area contributed by atoms with E-state index in [0.29, 0.717) is 11.8 Å². The number of aliphatic hydroxyl groups excluding tert-OH is 1. The zero-order valence-electron chi connectivity index (χ0n) is 8.21. The van der Waals surface area contributed by atoms with Gasteiger partial charge in [0.1, 0.15) is 0 Å². The van der Waals surface area contributed by atoms with Crippen LogP contribution in [-0.4, -0.2) is 24.3 Å². The number of aliphatic hydroxyl groups is 1. The van der Waals surface area contributed by atoms with Crippen LogP contribution in [0, 0.1) is 11.8 Å². The van der Waals surface area contributed by atoms with Crippen molar-refractivity contribution in [3.63, 3.8) is 0 Å². The van der Waals surface area contributed by atoms with E-state index < -0.39 is 0 Å². The predicted molar refractivity (Wildman–Crippen MR) is 51.1 cm³/mol. The standard InChI is InChI=1S/C10H21NO/c1-8(2)6-11-7-9-4-3-5-10(9)12/h8-12H,3-7H2,1-2H3. The highest BCUT2D eigenvalue weighted by molar-refractivity contribution is 4.78. The van der Waals surface area contributed by atoms with Crippen molar-refractivity contribution in [2.45, 2.75) is 39.2 Å². The van der Waals surface area contributed by atoms with Crippen molar-refractivity contribution in [1.82, 2.24) is 5.32 Å². The van der Waals surface area contributed by atoms with Crippen molar-refractivity contribution in [2.24, 2.45) is 11.8 Å². The normalized spacial score (nSPS) is 30.0. The number of nitrogens with one attached hydrogen (secondary N) is 1. The van der Waals surface area contributed by atoms with Crippen molar-refractivity contribution < 1.29 is 5.11 Å². The van der Waals surface area contributed by atoms with Gasteiger partial charge in [0.2, 0.25) is 0 Å². The molecule has 2 atom stereocenters. The van der Waals surface area contributed by atoms with Crippen LogP contribution in [0.5, 0.6) is 0 Å². The summed E-state index contributed by atoms with van der Waals surface area (Å²) in [5.74, 6) is 1.23. The summed E-state index contributed by atoms with van der Waals surface area (Å²) in [5.41, 5.74) is 0. The maximum atomic E-state index is 9.51. The van der Waals surface area contributed by atoms with Crippen molar-refractivity contribution in [3.05, 3.63) is 0 Å². The van der Waals surface area contributed by atoms with Crippen LogP contribution in [0.1, 0.15) is 33.1 Å². The Kier molecular flexibility index (Phi) is 4.02. The van der Waals surface area contributed by atoms with Gasteiger partial charge < -0.3 is 10.4 Å². The molecule has 1 aliphatic rings. The van der Waals surface area contributed by atoms with Gasteiger partial charge in [0, 0.05) is 6.54 Å². The second kappa shape index (κ2) is 4.83. The van der Waals surface area contributed by atoms with Crippen LogP contribution in [0.2, 0.25) is 0 Å². The van der Waals surface area contributed by atoms with Crippen LogP contribution >= 0.6 is 0 Å². The van der Waals surface area contributed by atoms with E-state index >= 15 is 0 Å². The molecule has 0 aromatic rings. The zero-order chi connectivity index (χ0) is 8.97. The molecule has 0 aromatic heterocycles. The van der Waals surface area contributed by atoms with E-state index in [4.69, 9.17) is 0 Å². The summed E-state index contributed by atoms with van der Waals surface area (Å²) in [6.07, 6.45) is 3.37. The second-order valence-electron chi connectivity index (χ2n) is 4.31. The molecule has 1 saturated carbocycles. The van der Waals surface area contributed by atoms with E-state index in [9.17, 15) is 5.11 Å². The SMILES string of the molecule is CC(C)CNCC1CCCC1O. The number of rotatable bonds is 4. The average molecular weight is 171 g/mol. The molecule has 0 radical (unpaired) electrons. The maximum Gasteiger partial charge on any atom is 0.0580 e. The molecule has 1 fully saturated rings. The fraction of sp³-hybridized carbons (Fsp3) is 1.00. The van der Waals surface area contributed by atoms with Gasteiger partial charge in [0.25, 0.3) is 0 Å². The summed E-state index contributed by atoms with van der Waals surface area (Å²) >= 11 is 0. The first-order valence-corrected chi connectivity index (χ1v) is 5.09. The summed E-state index contributed by atoms with van der Waals surface area (Å²) < 4.78 is 0. The lowest BCUT2D eigenvalue weighted by Gasteiger charge is -2.15. The minimum atomic E-state index is -0.0373. The van der Waals surface area contributed by atoms with Crippen LogP contribution < -0.4 is 5.32 Å². The Balaban J connectivity index is 2.06. The monoisotopic (exact) mass is 171 g/mol. The van der Waals surface area contributed by atoms with E-state index in [1.165, 1.54) is 12.8 Å². The highest BCUT2D eigenvalue weighted by atomic mass is 16.3. The molecule has 2 nitrogen and oxygen atoms in total. The van der Waals surface area contributed by atoms with E-state index in [-0.39, 0.29) is 6.10 Å². The molecule has 0 heterocycles. The van der Waals surface area contributed by atoms with Gasteiger partial charge in [-0.25, -0.2) is 0 Å². The molecule has 2 heteroatoms. The lowest BCUT2D eigenvalue weighted by Crippen LogP contribution is -2.30. The zero-order valence-corrected chi connectivity index (χ0v) is 8.21. The first-order chi connectivity index (χ1) is 5.70. The molecule has 0 aliphatic heterocycles. The molecular formula is C10H21NO. The fourth-order valence-electron chi connectivity index (χ4n) is 1.81. The van der Waals surface area contributed by atoms with Gasteiger partial charge in [-0.1, -0.05) is 20.3 Å². The van der Waals surface area contributed by atoms with E-state index in [0.717, 1.165) is 19.5 Å². The Labute approximate surface area is 75.4 Å². The lowest BCUT2D eigenvalue weighted by atomic mass is 10.1. The Bertz CT molecular complexity index is 125. The molecular weight excluding hydrogens is 150 g/mol. The van der Waals surface area contributed by atoms with E-state index in [2.05, 4.69) is 19.2 Å². The summed E-state index contributed by atoms with van der Waals surface area (Å²) in [4.78, 5) is 0. The Hall–Kier alpha value is -0.0800. The topological polar surface area (TPSA) is 32.3 Å². The average Bonchev–Trinajstić information content (AvgIpc) is 2.36. The first-order valence-electron chi connectivity index (χ1n) is 5.09. The Morgan fingerprint density at radius 1 is 1.42 bits per heavy atom. The fourth-order valence-corrected chi connectivity index (χ4v) is 1.81. The van der Waals surface area contributed by atoms with Crippen molar-refractivity contribution in [1.29, 1.82) is 0 Å². The van der Waals surface area contributed by atoms with Crippen LogP contribution in [0.4, 0.5) is 0 Å². The van der Waals surface area contributed by atoms with Crippen molar-refractivity contribution >= 4 is 0 Å². The molecule has 2 unspecified atom stereocenters. The summed E-state index contributed by atoms with van der Waals surface area (Å²) in [6.45, 7) is 6.48. The maximum absolute atomic E-state index is 9.51. The minimum Gasteiger partial charge on any atom is -0.393 e. The summed E-state index contributed by atoms with van der Waals surface area (Å²) in [7, 11) is 0. The summed E-state index contributed by atoms with van der Waals surface area (Å²) in [6, 6.07) is 0. The van der Waals surface area contributed by atoms with Gasteiger partial charge >= 0.3 is 0 Å². The third-order valence-corrected chi connectivity index (χ3v) is 2.58. The highest BCUT2D eigenvalue weighted by Crippen LogP contribution is 2.24. The van der Waals surface area contributed by atoms with Gasteiger partial charge in [-0.2, -0.15) is 0 Å². The third kappa shape index (κ3) is 3.11. The molecule has 2 N–H and O–H groups in total. The number of hydrogen-bond acceptors (Lipinski definition) is 2. The summed E-state index contributed by atoms with van der Waals surface area (Å²) in [5, 5.41) is 12.9. The first kappa shape index (κ1) is 10.0. The van der Waals surface area contributed by atoms with Crippen LogP contribution in [0.3, 0.4) is 0 Å². The van der Waals surface area contributed by atoms with E-state index in [1.54, 1.807) is 0 Å². The molecule has 0 saturated heterocycles. The molecule has 72 valence electrons. The van der Waals surface area contributed by atoms with Crippen molar-refractivity contribution in [3.8, 4) is 0 Å². The Morgan fingerprint density at radius 3 is 2.67 bits per heavy atom. The second-order valence-corrected chi connectivity index (χ2v) is 4.31. The highest BCUT2D eigenvalue weighted by Gasteiger charge is 2.24. The predicted octanol–water partition coefficient (Wildman–Crippen LogP) is 1.39. The third-order valence-electron chi connectivity index (χ3n) is 2.58. The number of hydrogen-bond donors (Lipinski definition) is 2. The van der Waals surface area contributed by atoms with Crippen molar-refractivity contribution in [2.75, 3.05) is 13.1 Å². The van der Waals surface area contributed by atoms with Gasteiger partial charge in [-0.05, 0) is 31.2 Å². The van der Waals surface area contributed by atoms with Crippen LogP contribution in [0.15, 0.2) is 0 Å². The van der Waals surface area contributed by atoms with Gasteiger partial charge in [0.15, 0.2) is 0 Å². The van der Waals surface area contributed by atoms with Crippen LogP contribution in [-0.2, 0) is 0 Å². The van der Waals surface area contributed by atoms with Gasteiger partial charge in [-0.15, -0.1) is 0 Å². The van der Waals surface area contributed by atoms with E-state index in [1.807, 2.05) is 0 Å². The molecule has 0 amide bonds. The molecule has 0 spiro atoms. The molecule has 1 aliphatic carbocycles. The van der Waals surface area contributed by atoms with Crippen LogP contribution in [0.25, 0.3) is 0 Å². The largest absolute Gasteiger partial charge is 0.393 e. The molecule has 0 aromatic carbocycles.